The molecule has 0 radical (unpaired) electrons. The van der Waals surface area contributed by atoms with Crippen LogP contribution in [0, 0.1) is 12.8 Å². The van der Waals surface area contributed by atoms with Crippen LogP contribution in [-0.4, -0.2) is 35.0 Å². The fourth-order valence-corrected chi connectivity index (χ4v) is 4.70. The molecular weight excluding hydrogens is 434 g/mol. The quantitative estimate of drug-likeness (QED) is 0.425. The minimum absolute atomic E-state index is 0.0134. The Balaban J connectivity index is 1.45. The van der Waals surface area contributed by atoms with Crippen LogP contribution in [0.4, 0.5) is 11.4 Å². The molecule has 9 heteroatoms. The number of nitrogens with two attached hydrogens (primary N) is 1. The first-order chi connectivity index (χ1) is 16.4. The fraction of sp³-hybridized carbons (Fsp3) is 0.400. The summed E-state index contributed by atoms with van der Waals surface area (Å²) in [5.41, 5.74) is 8.88. The molecule has 2 aromatic carbocycles. The minimum Gasteiger partial charge on any atom is -0.496 e. The number of ether oxygens (including phenoxy) is 1. The van der Waals surface area contributed by atoms with Crippen molar-refractivity contribution in [2.24, 2.45) is 11.7 Å². The number of aryl methyl sites for hydroxylation is 1. The van der Waals surface area contributed by atoms with Gasteiger partial charge in [-0.15, -0.1) is 0 Å². The van der Waals surface area contributed by atoms with Crippen LogP contribution in [0.5, 0.6) is 5.75 Å². The van der Waals surface area contributed by atoms with E-state index in [1.807, 2.05) is 37.3 Å². The number of carbonyl (C=O) groups is 2. The number of fused-ring (bicyclic) bond motifs is 1. The second-order valence-corrected chi connectivity index (χ2v) is 8.77. The zero-order chi connectivity index (χ0) is 24.2. The number of aromatic amines is 1. The van der Waals surface area contributed by atoms with E-state index in [9.17, 15) is 14.4 Å². The molecule has 180 valence electrons. The summed E-state index contributed by atoms with van der Waals surface area (Å²) in [6, 6.07) is 11.1. The fourth-order valence-electron chi connectivity index (χ4n) is 4.70. The molecule has 0 atom stereocenters. The number of aromatic nitrogens is 2. The average molecular weight is 466 g/mol. The second-order valence-electron chi connectivity index (χ2n) is 8.77. The van der Waals surface area contributed by atoms with Crippen LogP contribution >= 0.6 is 0 Å². The van der Waals surface area contributed by atoms with E-state index in [0.29, 0.717) is 42.6 Å². The third kappa shape index (κ3) is 4.84. The molecule has 1 heterocycles. The molecule has 1 aliphatic carbocycles. The van der Waals surface area contributed by atoms with E-state index in [4.69, 9.17) is 10.5 Å². The Morgan fingerprint density at radius 1 is 1.15 bits per heavy atom. The summed E-state index contributed by atoms with van der Waals surface area (Å²) in [5, 5.41) is 5.82. The van der Waals surface area contributed by atoms with Crippen molar-refractivity contribution in [3.05, 3.63) is 52.4 Å². The maximum atomic E-state index is 12.8. The van der Waals surface area contributed by atoms with E-state index in [1.165, 1.54) is 0 Å². The summed E-state index contributed by atoms with van der Waals surface area (Å²) in [6.45, 7) is 2.21. The maximum Gasteiger partial charge on any atom is 0.326 e. The number of rotatable bonds is 7. The Labute approximate surface area is 197 Å². The third-order valence-corrected chi connectivity index (χ3v) is 6.51. The maximum absolute atomic E-state index is 12.8. The van der Waals surface area contributed by atoms with Gasteiger partial charge in [0.05, 0.1) is 23.8 Å². The molecule has 1 saturated carbocycles. The Morgan fingerprint density at radius 3 is 2.62 bits per heavy atom. The highest BCUT2D eigenvalue weighted by molar-refractivity contribution is 5.99. The molecule has 9 nitrogen and oxygen atoms in total. The summed E-state index contributed by atoms with van der Waals surface area (Å²) < 4.78 is 7.10. The van der Waals surface area contributed by atoms with Gasteiger partial charge in [-0.05, 0) is 56.4 Å². The number of imidazole rings is 1. The predicted octanol–water partition coefficient (Wildman–Crippen LogP) is 3.30. The second kappa shape index (κ2) is 10.1. The highest BCUT2D eigenvalue weighted by Gasteiger charge is 2.29. The third-order valence-electron chi connectivity index (χ3n) is 6.51. The number of methoxy groups -OCH3 is 1. The first kappa shape index (κ1) is 23.6. The number of para-hydroxylation sites is 1. The zero-order valence-corrected chi connectivity index (χ0v) is 19.5. The van der Waals surface area contributed by atoms with Crippen molar-refractivity contribution in [3.63, 3.8) is 0 Å². The van der Waals surface area contributed by atoms with Gasteiger partial charge in [0.1, 0.15) is 5.75 Å². The van der Waals surface area contributed by atoms with E-state index < -0.39 is 0 Å². The lowest BCUT2D eigenvalue weighted by molar-refractivity contribution is -0.121. The largest absolute Gasteiger partial charge is 0.496 e. The number of nitrogens with zero attached hydrogens (tertiary/aromatic N) is 1. The normalized spacial score (nSPS) is 18.0. The number of amides is 2. The molecule has 0 unspecified atom stereocenters. The van der Waals surface area contributed by atoms with Gasteiger partial charge >= 0.3 is 5.69 Å². The number of anilines is 2. The molecule has 1 aromatic heterocycles. The molecule has 4 rings (SSSR count). The molecule has 0 bridgehead atoms. The summed E-state index contributed by atoms with van der Waals surface area (Å²) in [4.78, 5) is 40.6. The zero-order valence-electron chi connectivity index (χ0n) is 19.5. The Hall–Kier alpha value is -3.59. The SMILES string of the molecule is COc1cc(NC(=O)[C@H]2CC[C@@H](n3c(=O)[nH]c4c(NC(=O)CCN)cccc43)CC2)ccc1C. The standard InChI is InChI=1S/C25H31N5O4/c1-15-6-9-17(14-21(15)34-2)27-24(32)16-7-10-18(11-8-16)30-20-5-3-4-19(23(20)29-25(30)33)28-22(31)12-13-26/h3-6,9,14,16,18H,7-8,10-13,26H2,1-2H3,(H,27,32)(H,28,31)(H,29,33)/t16-,18+. The minimum atomic E-state index is -0.213. The van der Waals surface area contributed by atoms with Crippen LogP contribution in [0.25, 0.3) is 11.0 Å². The average Bonchev–Trinajstić information content (AvgIpc) is 3.17. The van der Waals surface area contributed by atoms with E-state index in [1.54, 1.807) is 17.7 Å². The lowest BCUT2D eigenvalue weighted by atomic mass is 9.85. The van der Waals surface area contributed by atoms with Crippen molar-refractivity contribution in [3.8, 4) is 5.75 Å². The van der Waals surface area contributed by atoms with Crippen LogP contribution in [0.3, 0.4) is 0 Å². The van der Waals surface area contributed by atoms with Crippen molar-refractivity contribution in [2.75, 3.05) is 24.3 Å². The van der Waals surface area contributed by atoms with Crippen LogP contribution in [-0.2, 0) is 9.59 Å². The van der Waals surface area contributed by atoms with Crippen LogP contribution in [0.15, 0.2) is 41.2 Å². The van der Waals surface area contributed by atoms with Gasteiger partial charge in [0.15, 0.2) is 0 Å². The van der Waals surface area contributed by atoms with Crippen LogP contribution in [0.2, 0.25) is 0 Å². The molecular formula is C25H31N5O4. The van der Waals surface area contributed by atoms with E-state index in [-0.39, 0.29) is 42.4 Å². The summed E-state index contributed by atoms with van der Waals surface area (Å²) in [7, 11) is 1.61. The molecule has 0 spiro atoms. The molecule has 34 heavy (non-hydrogen) atoms. The molecule has 5 N–H and O–H groups in total. The van der Waals surface area contributed by atoms with Gasteiger partial charge in [-0.25, -0.2) is 4.79 Å². The predicted molar refractivity (Wildman–Crippen MR) is 132 cm³/mol. The Bertz CT molecular complexity index is 1250. The Morgan fingerprint density at radius 2 is 1.91 bits per heavy atom. The van der Waals surface area contributed by atoms with Gasteiger partial charge in [0, 0.05) is 36.7 Å². The number of carbonyl (C=O) groups excluding carboxylic acids is 2. The highest BCUT2D eigenvalue weighted by Crippen LogP contribution is 2.35. The van der Waals surface area contributed by atoms with Crippen molar-refractivity contribution in [2.45, 2.75) is 45.1 Å². The van der Waals surface area contributed by atoms with Gasteiger partial charge in [-0.3, -0.25) is 14.2 Å². The van der Waals surface area contributed by atoms with Gasteiger partial charge < -0.3 is 26.1 Å². The molecule has 0 saturated heterocycles. The number of hydrogen-bond donors (Lipinski definition) is 4. The van der Waals surface area contributed by atoms with E-state index >= 15 is 0 Å². The van der Waals surface area contributed by atoms with Crippen molar-refractivity contribution < 1.29 is 14.3 Å². The van der Waals surface area contributed by atoms with Crippen molar-refractivity contribution in [1.82, 2.24) is 9.55 Å². The van der Waals surface area contributed by atoms with Crippen molar-refractivity contribution >= 4 is 34.2 Å². The van der Waals surface area contributed by atoms with Gasteiger partial charge in [-0.1, -0.05) is 12.1 Å². The van der Waals surface area contributed by atoms with Gasteiger partial charge in [-0.2, -0.15) is 0 Å². The monoisotopic (exact) mass is 465 g/mol. The molecule has 0 aliphatic heterocycles. The number of H-pyrrole nitrogens is 1. The lowest BCUT2D eigenvalue weighted by Crippen LogP contribution is -2.31. The molecule has 3 aromatic rings. The summed E-state index contributed by atoms with van der Waals surface area (Å²) >= 11 is 0. The summed E-state index contributed by atoms with van der Waals surface area (Å²) in [5.74, 6) is 0.413. The first-order valence-electron chi connectivity index (χ1n) is 11.6. The smallest absolute Gasteiger partial charge is 0.326 e. The molecule has 2 amide bonds. The number of benzene rings is 2. The molecule has 1 fully saturated rings. The van der Waals surface area contributed by atoms with E-state index in [2.05, 4.69) is 15.6 Å². The highest BCUT2D eigenvalue weighted by atomic mass is 16.5. The Kier molecular flexibility index (Phi) is 7.02. The first-order valence-corrected chi connectivity index (χ1v) is 11.6. The van der Waals surface area contributed by atoms with Gasteiger partial charge in [0.2, 0.25) is 11.8 Å². The lowest BCUT2D eigenvalue weighted by Gasteiger charge is -2.28. The van der Waals surface area contributed by atoms with E-state index in [0.717, 1.165) is 16.8 Å². The van der Waals surface area contributed by atoms with Crippen LogP contribution < -0.4 is 26.8 Å². The number of hydrogen-bond acceptors (Lipinski definition) is 5. The van der Waals surface area contributed by atoms with Crippen molar-refractivity contribution in [1.29, 1.82) is 0 Å². The molecule has 1 aliphatic rings. The topological polar surface area (TPSA) is 131 Å². The summed E-state index contributed by atoms with van der Waals surface area (Å²) in [6.07, 6.45) is 3.01. The van der Waals surface area contributed by atoms with Crippen LogP contribution in [0.1, 0.15) is 43.7 Å². The number of nitrogens with one attached hydrogen (secondary N) is 3. The van der Waals surface area contributed by atoms with Gasteiger partial charge in [0.25, 0.3) is 0 Å².